The number of para-hydroxylation sites is 1. The Kier molecular flexibility index (Phi) is 6.26. The highest BCUT2D eigenvalue weighted by Crippen LogP contribution is 2.20. The van der Waals surface area contributed by atoms with Crippen LogP contribution in [0, 0.1) is 0 Å². The minimum atomic E-state index is -0.338. The lowest BCUT2D eigenvalue weighted by atomic mass is 10.2. The van der Waals surface area contributed by atoms with Crippen LogP contribution in [0.15, 0.2) is 54.6 Å². The van der Waals surface area contributed by atoms with E-state index >= 15 is 0 Å². The summed E-state index contributed by atoms with van der Waals surface area (Å²) in [5, 5.41) is 3.15. The summed E-state index contributed by atoms with van der Waals surface area (Å²) in [5.41, 5.74) is 1.80. The predicted molar refractivity (Wildman–Crippen MR) is 103 cm³/mol. The molecule has 0 aliphatic carbocycles. The number of carbonyl (C=O) groups excluding carboxylic acids is 2. The number of halogens is 1. The molecule has 26 heavy (non-hydrogen) atoms. The van der Waals surface area contributed by atoms with Crippen LogP contribution in [0.1, 0.15) is 12.0 Å². The number of carbonyl (C=O) groups is 2. The Hall–Kier alpha value is -2.37. The van der Waals surface area contributed by atoms with Gasteiger partial charge < -0.3 is 10.2 Å². The smallest absolute Gasteiger partial charge is 0.233 e. The van der Waals surface area contributed by atoms with Gasteiger partial charge in [0, 0.05) is 32.7 Å². The maximum atomic E-state index is 12.4. The number of piperazine rings is 1. The lowest BCUT2D eigenvalue weighted by Gasteiger charge is -2.34. The summed E-state index contributed by atoms with van der Waals surface area (Å²) >= 11 is 6.02. The standard InChI is InChI=1S/C20H22ClN3O2/c21-17-8-4-5-9-18(17)22-19(25)14-20(26)24-12-10-23(11-13-24)15-16-6-2-1-3-7-16/h1-9H,10-15H2,(H,22,25). The number of nitrogens with zero attached hydrogens (tertiary/aromatic N) is 2. The molecule has 2 amide bonds. The maximum Gasteiger partial charge on any atom is 0.233 e. The molecular formula is C20H22ClN3O2. The van der Waals surface area contributed by atoms with Crippen molar-refractivity contribution in [2.45, 2.75) is 13.0 Å². The minimum Gasteiger partial charge on any atom is -0.340 e. The van der Waals surface area contributed by atoms with Crippen LogP contribution in [0.2, 0.25) is 5.02 Å². The molecule has 3 rings (SSSR count). The number of rotatable bonds is 5. The Morgan fingerprint density at radius 2 is 1.58 bits per heavy atom. The van der Waals surface area contributed by atoms with E-state index < -0.39 is 0 Å². The molecule has 0 atom stereocenters. The number of amides is 2. The first kappa shape index (κ1) is 18.4. The first-order chi connectivity index (χ1) is 12.6. The quantitative estimate of drug-likeness (QED) is 0.822. The third kappa shape index (κ3) is 5.07. The molecule has 0 radical (unpaired) electrons. The van der Waals surface area contributed by atoms with Gasteiger partial charge in [-0.25, -0.2) is 0 Å². The van der Waals surface area contributed by atoms with Crippen molar-refractivity contribution in [2.24, 2.45) is 0 Å². The number of anilines is 1. The van der Waals surface area contributed by atoms with E-state index in [0.29, 0.717) is 23.8 Å². The van der Waals surface area contributed by atoms with Gasteiger partial charge in [-0.15, -0.1) is 0 Å². The van der Waals surface area contributed by atoms with Crippen molar-refractivity contribution in [1.29, 1.82) is 0 Å². The van der Waals surface area contributed by atoms with Gasteiger partial charge in [-0.05, 0) is 17.7 Å². The lowest BCUT2D eigenvalue weighted by Crippen LogP contribution is -2.48. The van der Waals surface area contributed by atoms with Crippen LogP contribution in [0.4, 0.5) is 5.69 Å². The fraction of sp³-hybridized carbons (Fsp3) is 0.300. The van der Waals surface area contributed by atoms with Gasteiger partial charge in [-0.1, -0.05) is 54.1 Å². The first-order valence-corrected chi connectivity index (χ1v) is 9.08. The molecule has 0 spiro atoms. The molecule has 1 saturated heterocycles. The number of hydrogen-bond donors (Lipinski definition) is 1. The van der Waals surface area contributed by atoms with Crippen molar-refractivity contribution in [2.75, 3.05) is 31.5 Å². The monoisotopic (exact) mass is 371 g/mol. The summed E-state index contributed by atoms with van der Waals surface area (Å²) < 4.78 is 0. The Bertz CT molecular complexity index is 759. The third-order valence-corrected chi connectivity index (χ3v) is 4.76. The average molecular weight is 372 g/mol. The number of hydrogen-bond acceptors (Lipinski definition) is 3. The zero-order valence-corrected chi connectivity index (χ0v) is 15.3. The summed E-state index contributed by atoms with van der Waals surface area (Å²) in [6, 6.07) is 17.3. The molecule has 0 saturated carbocycles. The summed E-state index contributed by atoms with van der Waals surface area (Å²) in [5.74, 6) is -0.483. The van der Waals surface area contributed by atoms with Crippen LogP contribution in [0.25, 0.3) is 0 Å². The number of benzene rings is 2. The highest BCUT2D eigenvalue weighted by molar-refractivity contribution is 6.33. The Balaban J connectivity index is 1.45. The normalized spacial score (nSPS) is 14.9. The van der Waals surface area contributed by atoms with E-state index in [9.17, 15) is 9.59 Å². The molecule has 1 aliphatic heterocycles. The van der Waals surface area contributed by atoms with E-state index in [2.05, 4.69) is 22.3 Å². The fourth-order valence-corrected chi connectivity index (χ4v) is 3.19. The van der Waals surface area contributed by atoms with E-state index in [1.54, 1.807) is 29.2 Å². The molecule has 2 aromatic carbocycles. The second-order valence-corrected chi connectivity index (χ2v) is 6.75. The summed E-state index contributed by atoms with van der Waals surface area (Å²) in [4.78, 5) is 28.5. The van der Waals surface area contributed by atoms with Crippen molar-refractivity contribution >= 4 is 29.1 Å². The van der Waals surface area contributed by atoms with Crippen LogP contribution in [0.3, 0.4) is 0 Å². The molecule has 1 N–H and O–H groups in total. The molecule has 5 nitrogen and oxygen atoms in total. The van der Waals surface area contributed by atoms with Crippen LogP contribution < -0.4 is 5.32 Å². The molecule has 1 heterocycles. The average Bonchev–Trinajstić information content (AvgIpc) is 2.65. The van der Waals surface area contributed by atoms with Gasteiger partial charge >= 0.3 is 0 Å². The Morgan fingerprint density at radius 1 is 0.923 bits per heavy atom. The molecule has 2 aromatic rings. The fourth-order valence-electron chi connectivity index (χ4n) is 3.00. The highest BCUT2D eigenvalue weighted by atomic mass is 35.5. The van der Waals surface area contributed by atoms with Gasteiger partial charge in [-0.3, -0.25) is 14.5 Å². The van der Waals surface area contributed by atoms with Gasteiger partial charge in [0.25, 0.3) is 0 Å². The maximum absolute atomic E-state index is 12.4. The summed E-state index contributed by atoms with van der Waals surface area (Å²) in [6.45, 7) is 3.80. The minimum absolute atomic E-state index is 0.145. The van der Waals surface area contributed by atoms with E-state index in [4.69, 9.17) is 11.6 Å². The van der Waals surface area contributed by atoms with E-state index in [-0.39, 0.29) is 18.2 Å². The summed E-state index contributed by atoms with van der Waals surface area (Å²) in [7, 11) is 0. The largest absolute Gasteiger partial charge is 0.340 e. The van der Waals surface area contributed by atoms with Gasteiger partial charge in [0.1, 0.15) is 6.42 Å². The van der Waals surface area contributed by atoms with Crippen LogP contribution in [-0.4, -0.2) is 47.8 Å². The second-order valence-electron chi connectivity index (χ2n) is 6.35. The molecular weight excluding hydrogens is 350 g/mol. The van der Waals surface area contributed by atoms with Crippen LogP contribution in [0.5, 0.6) is 0 Å². The van der Waals surface area contributed by atoms with E-state index in [1.165, 1.54) is 5.56 Å². The molecule has 1 fully saturated rings. The molecule has 6 heteroatoms. The zero-order valence-electron chi connectivity index (χ0n) is 14.5. The predicted octanol–water partition coefficient (Wildman–Crippen LogP) is 3.01. The van der Waals surface area contributed by atoms with Crippen molar-refractivity contribution in [3.63, 3.8) is 0 Å². The number of nitrogens with one attached hydrogen (secondary N) is 1. The summed E-state index contributed by atoms with van der Waals surface area (Å²) in [6.07, 6.45) is -0.163. The van der Waals surface area contributed by atoms with E-state index in [1.807, 2.05) is 18.2 Å². The molecule has 0 bridgehead atoms. The zero-order chi connectivity index (χ0) is 18.4. The highest BCUT2D eigenvalue weighted by Gasteiger charge is 2.23. The van der Waals surface area contributed by atoms with Gasteiger partial charge in [0.05, 0.1) is 10.7 Å². The van der Waals surface area contributed by atoms with Gasteiger partial charge in [0.2, 0.25) is 11.8 Å². The molecule has 136 valence electrons. The van der Waals surface area contributed by atoms with Crippen molar-refractivity contribution in [1.82, 2.24) is 9.80 Å². The molecule has 0 aromatic heterocycles. The van der Waals surface area contributed by atoms with Crippen LogP contribution in [-0.2, 0) is 16.1 Å². The SMILES string of the molecule is O=C(CC(=O)N1CCN(Cc2ccccc2)CC1)Nc1ccccc1Cl. The molecule has 1 aliphatic rings. The van der Waals surface area contributed by atoms with E-state index in [0.717, 1.165) is 19.6 Å². The van der Waals surface area contributed by atoms with Crippen molar-refractivity contribution < 1.29 is 9.59 Å². The third-order valence-electron chi connectivity index (χ3n) is 4.43. The Labute approximate surface area is 158 Å². The Morgan fingerprint density at radius 3 is 2.27 bits per heavy atom. The lowest BCUT2D eigenvalue weighted by molar-refractivity contribution is -0.136. The van der Waals surface area contributed by atoms with Gasteiger partial charge in [0.15, 0.2) is 0 Å². The van der Waals surface area contributed by atoms with Crippen molar-refractivity contribution in [3.8, 4) is 0 Å². The van der Waals surface area contributed by atoms with Gasteiger partial charge in [-0.2, -0.15) is 0 Å². The topological polar surface area (TPSA) is 52.7 Å². The van der Waals surface area contributed by atoms with Crippen molar-refractivity contribution in [3.05, 3.63) is 65.2 Å². The molecule has 0 unspecified atom stereocenters. The second kappa shape index (κ2) is 8.83. The van der Waals surface area contributed by atoms with Crippen LogP contribution >= 0.6 is 11.6 Å². The first-order valence-electron chi connectivity index (χ1n) is 8.70.